The first-order valence-electron chi connectivity index (χ1n) is 4.37. The Hall–Kier alpha value is -2.10. The van der Waals surface area contributed by atoms with Gasteiger partial charge in [0.25, 0.3) is 0 Å². The van der Waals surface area contributed by atoms with Crippen molar-refractivity contribution < 1.29 is 14.3 Å². The van der Waals surface area contributed by atoms with Crippen LogP contribution in [0.25, 0.3) is 16.7 Å². The molecular weight excluding hydrogens is 194 g/mol. The normalized spacial score (nSPS) is 10.5. The third kappa shape index (κ3) is 1.61. The predicted octanol–water partition coefficient (Wildman–Crippen LogP) is 2.23. The van der Waals surface area contributed by atoms with Gasteiger partial charge in [-0.1, -0.05) is 12.6 Å². The molecule has 0 spiro atoms. The van der Waals surface area contributed by atoms with E-state index >= 15 is 0 Å². The highest BCUT2D eigenvalue weighted by Crippen LogP contribution is 2.20. The molecule has 0 radical (unpaired) electrons. The molecular formula is C11H9NO3. The maximum absolute atomic E-state index is 10.7. The minimum Gasteiger partial charge on any atom is -0.478 e. The Morgan fingerprint density at radius 3 is 2.93 bits per heavy atom. The smallest absolute Gasteiger partial charge is 0.335 e. The van der Waals surface area contributed by atoms with Crippen LogP contribution in [0.2, 0.25) is 0 Å². The average Bonchev–Trinajstić information content (AvgIpc) is 2.55. The van der Waals surface area contributed by atoms with Gasteiger partial charge in [-0.05, 0) is 17.7 Å². The Labute approximate surface area is 85.9 Å². The van der Waals surface area contributed by atoms with E-state index < -0.39 is 5.97 Å². The fourth-order valence-electron chi connectivity index (χ4n) is 1.35. The van der Waals surface area contributed by atoms with E-state index in [0.29, 0.717) is 22.6 Å². The van der Waals surface area contributed by atoms with Crippen molar-refractivity contribution in [3.63, 3.8) is 0 Å². The van der Waals surface area contributed by atoms with E-state index in [2.05, 4.69) is 11.6 Å². The molecule has 1 aromatic heterocycles. The molecule has 15 heavy (non-hydrogen) atoms. The van der Waals surface area contributed by atoms with Gasteiger partial charge < -0.3 is 9.52 Å². The van der Waals surface area contributed by atoms with Crippen molar-refractivity contribution in [3.8, 4) is 0 Å². The van der Waals surface area contributed by atoms with Gasteiger partial charge in [0.15, 0.2) is 11.5 Å². The number of carboxylic acids is 1. The summed E-state index contributed by atoms with van der Waals surface area (Å²) >= 11 is 0. The van der Waals surface area contributed by atoms with E-state index in [9.17, 15) is 4.79 Å². The Kier molecular flexibility index (Phi) is 2.04. The number of aliphatic carboxylic acids is 1. The zero-order valence-corrected chi connectivity index (χ0v) is 8.15. The molecule has 0 unspecified atom stereocenters. The lowest BCUT2D eigenvalue weighted by molar-refractivity contribution is -0.130. The Morgan fingerprint density at radius 1 is 1.53 bits per heavy atom. The van der Waals surface area contributed by atoms with Crippen LogP contribution < -0.4 is 0 Å². The van der Waals surface area contributed by atoms with E-state index in [0.717, 1.165) is 0 Å². The highest BCUT2D eigenvalue weighted by molar-refractivity contribution is 6.14. The molecule has 4 heteroatoms. The lowest BCUT2D eigenvalue weighted by atomic mass is 10.1. The van der Waals surface area contributed by atoms with Crippen LogP contribution in [0.1, 0.15) is 11.5 Å². The number of benzene rings is 1. The summed E-state index contributed by atoms with van der Waals surface area (Å²) in [6, 6.07) is 5.00. The second kappa shape index (κ2) is 3.24. The van der Waals surface area contributed by atoms with Gasteiger partial charge in [0.1, 0.15) is 5.52 Å². The molecule has 4 nitrogen and oxygen atoms in total. The summed E-state index contributed by atoms with van der Waals surface area (Å²) in [5.74, 6) is -0.474. The number of hydrogen-bond acceptors (Lipinski definition) is 3. The topological polar surface area (TPSA) is 63.3 Å². The number of fused-ring (bicyclic) bond motifs is 1. The zero-order chi connectivity index (χ0) is 11.0. The molecule has 0 atom stereocenters. The standard InChI is InChI=1S/C11H9NO3/c1-6(11(13)14)8-3-4-10-9(5-8)12-7(2)15-10/h3-5H,1H2,2H3,(H,13,14). The van der Waals surface area contributed by atoms with Crippen LogP contribution in [0.3, 0.4) is 0 Å². The fourth-order valence-corrected chi connectivity index (χ4v) is 1.35. The summed E-state index contributed by atoms with van der Waals surface area (Å²) in [6.45, 7) is 5.22. The van der Waals surface area contributed by atoms with Crippen LogP contribution in [0, 0.1) is 6.92 Å². The molecule has 0 aliphatic rings. The van der Waals surface area contributed by atoms with Crippen LogP contribution in [0.4, 0.5) is 0 Å². The number of hydrogen-bond donors (Lipinski definition) is 1. The lowest BCUT2D eigenvalue weighted by Crippen LogP contribution is -1.97. The van der Waals surface area contributed by atoms with Crippen LogP contribution in [0.15, 0.2) is 29.2 Å². The molecule has 0 bridgehead atoms. The molecule has 2 rings (SSSR count). The number of aryl methyl sites for hydroxylation is 1. The number of rotatable bonds is 2. The monoisotopic (exact) mass is 203 g/mol. The van der Waals surface area contributed by atoms with Gasteiger partial charge in [0.05, 0.1) is 5.57 Å². The Bertz CT molecular complexity index is 554. The minimum absolute atomic E-state index is 0.0533. The molecule has 0 saturated heterocycles. The minimum atomic E-state index is -1.03. The maximum Gasteiger partial charge on any atom is 0.335 e. The first kappa shape index (κ1) is 9.45. The van der Waals surface area contributed by atoms with Crippen molar-refractivity contribution >= 4 is 22.6 Å². The molecule has 0 fully saturated rings. The van der Waals surface area contributed by atoms with Crippen molar-refractivity contribution in [3.05, 3.63) is 36.2 Å². The van der Waals surface area contributed by atoms with E-state index in [1.165, 1.54) is 0 Å². The van der Waals surface area contributed by atoms with Crippen LogP contribution in [-0.2, 0) is 4.79 Å². The van der Waals surface area contributed by atoms with Gasteiger partial charge in [0.2, 0.25) is 0 Å². The third-order valence-corrected chi connectivity index (χ3v) is 2.10. The van der Waals surface area contributed by atoms with Crippen LogP contribution in [0.5, 0.6) is 0 Å². The van der Waals surface area contributed by atoms with Gasteiger partial charge in [-0.25, -0.2) is 9.78 Å². The van der Waals surface area contributed by atoms with E-state index in [1.807, 2.05) is 0 Å². The summed E-state index contributed by atoms with van der Waals surface area (Å²) in [6.07, 6.45) is 0. The highest BCUT2D eigenvalue weighted by atomic mass is 16.4. The van der Waals surface area contributed by atoms with Gasteiger partial charge in [-0.15, -0.1) is 0 Å². The molecule has 1 heterocycles. The van der Waals surface area contributed by atoms with E-state index in [1.54, 1.807) is 25.1 Å². The molecule has 1 aromatic carbocycles. The van der Waals surface area contributed by atoms with Gasteiger partial charge in [0, 0.05) is 6.92 Å². The third-order valence-electron chi connectivity index (χ3n) is 2.10. The summed E-state index contributed by atoms with van der Waals surface area (Å²) in [4.78, 5) is 14.8. The van der Waals surface area contributed by atoms with E-state index in [-0.39, 0.29) is 5.57 Å². The van der Waals surface area contributed by atoms with Gasteiger partial charge in [-0.2, -0.15) is 0 Å². The number of oxazole rings is 1. The van der Waals surface area contributed by atoms with Gasteiger partial charge >= 0.3 is 5.97 Å². The molecule has 0 saturated carbocycles. The predicted molar refractivity (Wildman–Crippen MR) is 55.4 cm³/mol. The Balaban J connectivity index is 2.55. The maximum atomic E-state index is 10.7. The Morgan fingerprint density at radius 2 is 2.27 bits per heavy atom. The number of nitrogens with zero attached hydrogens (tertiary/aromatic N) is 1. The van der Waals surface area contributed by atoms with Crippen molar-refractivity contribution in [2.24, 2.45) is 0 Å². The van der Waals surface area contributed by atoms with Gasteiger partial charge in [-0.3, -0.25) is 0 Å². The summed E-state index contributed by atoms with van der Waals surface area (Å²) in [5, 5.41) is 8.77. The number of carbonyl (C=O) groups is 1. The second-order valence-corrected chi connectivity index (χ2v) is 3.20. The van der Waals surface area contributed by atoms with Crippen LogP contribution >= 0.6 is 0 Å². The molecule has 76 valence electrons. The lowest BCUT2D eigenvalue weighted by Gasteiger charge is -1.98. The van der Waals surface area contributed by atoms with Crippen molar-refractivity contribution in [2.75, 3.05) is 0 Å². The largest absolute Gasteiger partial charge is 0.478 e. The van der Waals surface area contributed by atoms with Crippen LogP contribution in [-0.4, -0.2) is 16.1 Å². The van der Waals surface area contributed by atoms with Crippen molar-refractivity contribution in [1.82, 2.24) is 4.98 Å². The molecule has 1 N–H and O–H groups in total. The zero-order valence-electron chi connectivity index (χ0n) is 8.15. The molecule has 2 aromatic rings. The fraction of sp³-hybridized carbons (Fsp3) is 0.0909. The summed E-state index contributed by atoms with van der Waals surface area (Å²) in [7, 11) is 0. The number of carboxylic acid groups (broad SMARTS) is 1. The van der Waals surface area contributed by atoms with E-state index in [4.69, 9.17) is 9.52 Å². The molecule has 0 amide bonds. The van der Waals surface area contributed by atoms with Crippen molar-refractivity contribution in [1.29, 1.82) is 0 Å². The number of aromatic nitrogens is 1. The summed E-state index contributed by atoms with van der Waals surface area (Å²) < 4.78 is 5.27. The highest BCUT2D eigenvalue weighted by Gasteiger charge is 2.09. The summed E-state index contributed by atoms with van der Waals surface area (Å²) in [5.41, 5.74) is 1.89. The molecule has 0 aliphatic heterocycles. The quantitative estimate of drug-likeness (QED) is 0.760. The molecule has 0 aliphatic carbocycles. The SMILES string of the molecule is C=C(C(=O)O)c1ccc2oc(C)nc2c1. The first-order valence-corrected chi connectivity index (χ1v) is 4.37. The first-order chi connectivity index (χ1) is 7.08. The second-order valence-electron chi connectivity index (χ2n) is 3.20. The average molecular weight is 203 g/mol. The van der Waals surface area contributed by atoms with Crippen molar-refractivity contribution in [2.45, 2.75) is 6.92 Å².